The molecule has 0 amide bonds. The summed E-state index contributed by atoms with van der Waals surface area (Å²) in [6.45, 7) is 2.46. The molecule has 0 bridgehead atoms. The minimum absolute atomic E-state index is 0.291. The minimum atomic E-state index is -6.00. The summed E-state index contributed by atoms with van der Waals surface area (Å²) in [5.74, 6) is 0. The van der Waals surface area contributed by atoms with Crippen molar-refractivity contribution in [3.8, 4) is 0 Å². The third-order valence-electron chi connectivity index (χ3n) is 6.75. The zero-order chi connectivity index (χ0) is 26.5. The van der Waals surface area contributed by atoms with E-state index < -0.39 is 7.25 Å². The van der Waals surface area contributed by atoms with Crippen LogP contribution in [0.1, 0.15) is 35.1 Å². The van der Waals surface area contributed by atoms with Crippen molar-refractivity contribution in [1.82, 2.24) is 4.58 Å². The molecule has 0 aliphatic carbocycles. The molecule has 0 aromatic heterocycles. The van der Waals surface area contributed by atoms with Crippen LogP contribution in [0, 0.1) is 0 Å². The van der Waals surface area contributed by atoms with Crippen LogP contribution in [-0.2, 0) is 12.8 Å². The number of benzene rings is 3. The van der Waals surface area contributed by atoms with Gasteiger partial charge in [-0.15, -0.1) is 0 Å². The van der Waals surface area contributed by atoms with Crippen molar-refractivity contribution < 1.29 is 17.3 Å². The van der Waals surface area contributed by atoms with Gasteiger partial charge in [-0.3, -0.25) is 0 Å². The molecule has 0 spiro atoms. The quantitative estimate of drug-likeness (QED) is 0.207. The molecule has 0 saturated heterocycles. The molecule has 6 rings (SSSR count). The Bertz CT molecular complexity index is 1420. The number of aryl methyl sites for hydroxylation is 2. The van der Waals surface area contributed by atoms with E-state index in [1.165, 1.54) is 69.6 Å². The average Bonchev–Trinajstić information content (AvgIpc) is 2.92. The van der Waals surface area contributed by atoms with E-state index in [1.807, 2.05) is 0 Å². The van der Waals surface area contributed by atoms with Gasteiger partial charge in [0.2, 0.25) is 0 Å². The van der Waals surface area contributed by atoms with Crippen LogP contribution >= 0.6 is 0 Å². The van der Waals surface area contributed by atoms with Gasteiger partial charge in [-0.2, -0.15) is 0 Å². The van der Waals surface area contributed by atoms with Crippen LogP contribution in [-0.4, -0.2) is 35.3 Å². The largest absolute Gasteiger partial charge is 0.673 e. The predicted octanol–water partition coefficient (Wildman–Crippen LogP) is 5.88. The summed E-state index contributed by atoms with van der Waals surface area (Å²) in [4.78, 5) is 0. The molecule has 0 fully saturated rings. The Balaban J connectivity index is 0.000000540. The normalized spacial score (nSPS) is 16.4. The number of halogens is 4. The van der Waals surface area contributed by atoms with Gasteiger partial charge in [0.15, 0.2) is 0 Å². The van der Waals surface area contributed by atoms with Crippen molar-refractivity contribution >= 4 is 37.2 Å². The van der Waals surface area contributed by atoms with Gasteiger partial charge >= 0.3 is 210 Å². The van der Waals surface area contributed by atoms with E-state index in [4.69, 9.17) is 0 Å². The molecule has 0 saturated carbocycles. The molecule has 3 aliphatic heterocycles. The first-order valence-electron chi connectivity index (χ1n) is 12.9. The Morgan fingerprint density at radius 3 is 1.63 bits per heavy atom. The monoisotopic (exact) mass is 581 g/mol. The third-order valence-corrected chi connectivity index (χ3v) is 9.16. The summed E-state index contributed by atoms with van der Waals surface area (Å²) in [5, 5.41) is 2.90. The summed E-state index contributed by atoms with van der Waals surface area (Å²) in [6, 6.07) is 26.6. The summed E-state index contributed by atoms with van der Waals surface area (Å²) in [7, 11) is -6.00. The molecule has 3 heterocycles. The molecule has 3 aromatic rings. The van der Waals surface area contributed by atoms with E-state index in [0.717, 1.165) is 0 Å². The van der Waals surface area contributed by atoms with Crippen molar-refractivity contribution in [2.75, 3.05) is 13.1 Å². The molecule has 0 atom stereocenters. The summed E-state index contributed by atoms with van der Waals surface area (Å²) in [5.41, 5.74) is 7.06. The first-order valence-corrected chi connectivity index (χ1v) is 14.6. The molecular weight excluding hydrogens is 552 g/mol. The first-order chi connectivity index (χ1) is 18.3. The molecule has 0 radical (unpaired) electrons. The van der Waals surface area contributed by atoms with Crippen LogP contribution in [0.15, 0.2) is 96.6 Å². The third kappa shape index (κ3) is 6.83. The maximum atomic E-state index is 9.75. The summed E-state index contributed by atoms with van der Waals surface area (Å²) >= 11 is 0.291. The van der Waals surface area contributed by atoms with Crippen LogP contribution in [0.25, 0.3) is 15.0 Å². The molecule has 0 N–H and O–H groups in total. The maximum absolute atomic E-state index is 9.75. The summed E-state index contributed by atoms with van der Waals surface area (Å²) < 4.78 is 44.5. The van der Waals surface area contributed by atoms with Crippen molar-refractivity contribution in [1.29, 1.82) is 0 Å². The number of hydrogen-bond acceptors (Lipinski definition) is 0. The topological polar surface area (TPSA) is 3.01 Å². The van der Waals surface area contributed by atoms with Crippen LogP contribution in [0.3, 0.4) is 0 Å². The molecule has 7 heteroatoms. The van der Waals surface area contributed by atoms with E-state index >= 15 is 0 Å². The van der Waals surface area contributed by atoms with Crippen LogP contribution in [0.2, 0.25) is 0 Å². The Kier molecular flexibility index (Phi) is 8.16. The van der Waals surface area contributed by atoms with Gasteiger partial charge < -0.3 is 17.3 Å². The van der Waals surface area contributed by atoms with Crippen molar-refractivity contribution in [3.63, 3.8) is 0 Å². The fourth-order valence-electron chi connectivity index (χ4n) is 5.23. The van der Waals surface area contributed by atoms with Gasteiger partial charge in [0.05, 0.1) is 0 Å². The SMILES string of the molecule is C(C=c1cc2c3c(c1)CCC[N+]=3CCC2)=C1C=C(c2ccccc2)[Se]C(c2ccccc2)=C1.F[B-](F)(F)F. The molecule has 3 aromatic carbocycles. The van der Waals surface area contributed by atoms with Crippen molar-refractivity contribution in [2.24, 2.45) is 0 Å². The van der Waals surface area contributed by atoms with Gasteiger partial charge in [0.1, 0.15) is 0 Å². The Morgan fingerprint density at radius 1 is 0.684 bits per heavy atom. The van der Waals surface area contributed by atoms with E-state index in [0.29, 0.717) is 15.0 Å². The fourth-order valence-corrected chi connectivity index (χ4v) is 7.61. The molecule has 3 aliphatic rings. The number of rotatable bonds is 3. The number of hydrogen-bond donors (Lipinski definition) is 0. The zero-order valence-corrected chi connectivity index (χ0v) is 22.6. The predicted molar refractivity (Wildman–Crippen MR) is 151 cm³/mol. The van der Waals surface area contributed by atoms with E-state index in [-0.39, 0.29) is 0 Å². The van der Waals surface area contributed by atoms with E-state index in [9.17, 15) is 17.3 Å². The second-order valence-corrected chi connectivity index (χ2v) is 11.8. The second kappa shape index (κ2) is 11.7. The van der Waals surface area contributed by atoms with Crippen LogP contribution in [0.4, 0.5) is 17.3 Å². The van der Waals surface area contributed by atoms with Gasteiger partial charge in [-0.25, -0.2) is 0 Å². The van der Waals surface area contributed by atoms with Crippen LogP contribution in [0.5, 0.6) is 0 Å². The molecular formula is C31H28BF4NSe. The van der Waals surface area contributed by atoms with E-state index in [2.05, 4.69) is 102 Å². The Labute approximate surface area is 226 Å². The smallest absolute Gasteiger partial charge is 0.418 e. The van der Waals surface area contributed by atoms with E-state index in [1.54, 1.807) is 16.5 Å². The molecule has 0 unspecified atom stereocenters. The van der Waals surface area contributed by atoms with Crippen LogP contribution < -0.4 is 15.2 Å². The second-order valence-electron chi connectivity index (χ2n) is 9.56. The van der Waals surface area contributed by atoms with Gasteiger partial charge in [-0.05, 0) is 0 Å². The van der Waals surface area contributed by atoms with Gasteiger partial charge in [0.25, 0.3) is 0 Å². The average molecular weight is 580 g/mol. The van der Waals surface area contributed by atoms with Crippen molar-refractivity contribution in [2.45, 2.75) is 25.7 Å². The van der Waals surface area contributed by atoms with Gasteiger partial charge in [0, 0.05) is 0 Å². The minimum Gasteiger partial charge on any atom is -0.418 e. The zero-order valence-electron chi connectivity index (χ0n) is 20.9. The summed E-state index contributed by atoms with van der Waals surface area (Å²) in [6.07, 6.45) is 14.4. The van der Waals surface area contributed by atoms with Gasteiger partial charge in [-0.1, -0.05) is 0 Å². The Morgan fingerprint density at radius 2 is 1.16 bits per heavy atom. The standard InChI is InChI=1S/C31H28NSe.BF4/c1-3-9-25(10-4-1)29-21-24(22-30(33-29)26-11-5-2-6-12-26)16-15-23-19-27-13-7-17-32-18-8-14-28(20-23)31(27)32;2-1(3,4)5/h1-6,9-12,15-16,19-22H,7-8,13-14,17-18H2;/q+1;-1. The number of nitrogens with zero attached hydrogens (tertiary/aromatic N) is 1. The maximum Gasteiger partial charge on any atom is 0.673 e. The fraction of sp³-hybridized carbons (Fsp3) is 0.194. The number of allylic oxidation sites excluding steroid dienone is 4. The molecule has 38 heavy (non-hydrogen) atoms. The Hall–Kier alpha value is -3.15. The molecule has 194 valence electrons. The first kappa shape index (κ1) is 26.5. The molecule has 1 nitrogen and oxygen atoms in total. The van der Waals surface area contributed by atoms with Crippen molar-refractivity contribution in [3.05, 3.63) is 129 Å².